The van der Waals surface area contributed by atoms with Crippen molar-refractivity contribution in [2.24, 2.45) is 0 Å². The summed E-state index contributed by atoms with van der Waals surface area (Å²) in [7, 11) is 0. The fraction of sp³-hybridized carbons (Fsp3) is 0.500. The quantitative estimate of drug-likeness (QED) is 0.613. The van der Waals surface area contributed by atoms with Crippen molar-refractivity contribution in [2.45, 2.75) is 25.4 Å². The number of ether oxygens (including phenoxy) is 2. The second-order valence-electron chi connectivity index (χ2n) is 4.17. The molecule has 1 atom stereocenters. The standard InChI is InChI=1S/C12H14FNO4/c13-9-4-5-12(11(7-9)14(15)16)18-8-10-3-1-2-6-17-10/h4-5,7,10H,1-3,6,8H2/t10-/m1/s1. The normalized spacial score (nSPS) is 19.5. The Hall–Kier alpha value is -1.69. The van der Waals surface area contributed by atoms with E-state index in [1.54, 1.807) is 0 Å². The summed E-state index contributed by atoms with van der Waals surface area (Å²) in [4.78, 5) is 10.1. The van der Waals surface area contributed by atoms with E-state index in [9.17, 15) is 14.5 Å². The van der Waals surface area contributed by atoms with Crippen LogP contribution in [0.2, 0.25) is 0 Å². The molecule has 1 aromatic rings. The van der Waals surface area contributed by atoms with Crippen molar-refractivity contribution in [3.05, 3.63) is 34.1 Å². The Morgan fingerprint density at radius 2 is 2.33 bits per heavy atom. The first kappa shape index (κ1) is 12.8. The molecule has 98 valence electrons. The van der Waals surface area contributed by atoms with E-state index in [4.69, 9.17) is 9.47 Å². The van der Waals surface area contributed by atoms with E-state index in [0.717, 1.165) is 31.4 Å². The molecule has 0 saturated carbocycles. The van der Waals surface area contributed by atoms with Crippen molar-refractivity contribution in [2.75, 3.05) is 13.2 Å². The molecular weight excluding hydrogens is 241 g/mol. The lowest BCUT2D eigenvalue weighted by Crippen LogP contribution is -2.25. The van der Waals surface area contributed by atoms with Gasteiger partial charge >= 0.3 is 5.69 Å². The van der Waals surface area contributed by atoms with Gasteiger partial charge in [0.25, 0.3) is 0 Å². The topological polar surface area (TPSA) is 61.6 Å². The third kappa shape index (κ3) is 3.16. The summed E-state index contributed by atoms with van der Waals surface area (Å²) < 4.78 is 23.7. The molecule has 0 aromatic heterocycles. The van der Waals surface area contributed by atoms with Crippen LogP contribution in [-0.4, -0.2) is 24.2 Å². The lowest BCUT2D eigenvalue weighted by molar-refractivity contribution is -0.386. The predicted octanol–water partition coefficient (Wildman–Crippen LogP) is 2.68. The van der Waals surface area contributed by atoms with Crippen molar-refractivity contribution >= 4 is 5.69 Å². The van der Waals surface area contributed by atoms with E-state index in [1.165, 1.54) is 6.07 Å². The highest BCUT2D eigenvalue weighted by atomic mass is 19.1. The van der Waals surface area contributed by atoms with Crippen LogP contribution in [0.4, 0.5) is 10.1 Å². The Morgan fingerprint density at radius 3 is 3.00 bits per heavy atom. The molecule has 1 aliphatic rings. The van der Waals surface area contributed by atoms with Gasteiger partial charge < -0.3 is 9.47 Å². The zero-order chi connectivity index (χ0) is 13.0. The van der Waals surface area contributed by atoms with E-state index in [2.05, 4.69) is 0 Å². The van der Waals surface area contributed by atoms with Gasteiger partial charge in [0, 0.05) is 6.61 Å². The Bertz CT molecular complexity index is 432. The van der Waals surface area contributed by atoms with Gasteiger partial charge in [-0.3, -0.25) is 10.1 Å². The summed E-state index contributed by atoms with van der Waals surface area (Å²) in [6.07, 6.45) is 2.95. The molecule has 1 aromatic carbocycles. The van der Waals surface area contributed by atoms with Gasteiger partial charge in [0.15, 0.2) is 5.75 Å². The number of nitro benzene ring substituents is 1. The first-order valence-corrected chi connectivity index (χ1v) is 5.85. The highest BCUT2D eigenvalue weighted by molar-refractivity contribution is 5.46. The van der Waals surface area contributed by atoms with Gasteiger partial charge in [0.1, 0.15) is 12.4 Å². The van der Waals surface area contributed by atoms with Crippen LogP contribution in [0.3, 0.4) is 0 Å². The predicted molar refractivity (Wildman–Crippen MR) is 62.1 cm³/mol. The highest BCUT2D eigenvalue weighted by Gasteiger charge is 2.19. The first-order chi connectivity index (χ1) is 8.66. The minimum atomic E-state index is -0.653. The van der Waals surface area contributed by atoms with Crippen LogP contribution < -0.4 is 4.74 Å². The SMILES string of the molecule is O=[N+]([O-])c1cc(F)ccc1OC[C@H]1CCCCO1. The Balaban J connectivity index is 2.01. The average molecular weight is 255 g/mol. The van der Waals surface area contributed by atoms with Crippen molar-refractivity contribution in [3.8, 4) is 5.75 Å². The molecule has 1 aliphatic heterocycles. The second-order valence-corrected chi connectivity index (χ2v) is 4.17. The van der Waals surface area contributed by atoms with Gasteiger partial charge in [0.2, 0.25) is 0 Å². The van der Waals surface area contributed by atoms with E-state index in [1.807, 2.05) is 0 Å². The number of rotatable bonds is 4. The maximum absolute atomic E-state index is 12.9. The Labute approximate surface area is 104 Å². The van der Waals surface area contributed by atoms with E-state index in [0.29, 0.717) is 6.61 Å². The number of nitro groups is 1. The summed E-state index contributed by atoms with van der Waals surface area (Å²) in [5.41, 5.74) is -0.356. The maximum Gasteiger partial charge on any atom is 0.313 e. The van der Waals surface area contributed by atoms with Gasteiger partial charge in [-0.25, -0.2) is 4.39 Å². The van der Waals surface area contributed by atoms with Gasteiger partial charge in [-0.1, -0.05) is 0 Å². The van der Waals surface area contributed by atoms with Gasteiger partial charge in [-0.2, -0.15) is 0 Å². The van der Waals surface area contributed by atoms with Crippen LogP contribution in [0.25, 0.3) is 0 Å². The zero-order valence-corrected chi connectivity index (χ0v) is 9.80. The minimum absolute atomic E-state index is 0.0385. The molecule has 1 saturated heterocycles. The minimum Gasteiger partial charge on any atom is -0.484 e. The summed E-state index contributed by atoms with van der Waals surface area (Å²) in [6.45, 7) is 0.950. The smallest absolute Gasteiger partial charge is 0.313 e. The van der Waals surface area contributed by atoms with Crippen LogP contribution in [0.15, 0.2) is 18.2 Å². The van der Waals surface area contributed by atoms with Crippen LogP contribution >= 0.6 is 0 Å². The van der Waals surface area contributed by atoms with Crippen LogP contribution in [0, 0.1) is 15.9 Å². The third-order valence-electron chi connectivity index (χ3n) is 2.82. The fourth-order valence-corrected chi connectivity index (χ4v) is 1.88. The number of hydrogen-bond acceptors (Lipinski definition) is 4. The Morgan fingerprint density at radius 1 is 1.50 bits per heavy atom. The van der Waals surface area contributed by atoms with E-state index >= 15 is 0 Å². The molecule has 0 aliphatic carbocycles. The van der Waals surface area contributed by atoms with Gasteiger partial charge in [-0.05, 0) is 31.4 Å². The summed E-state index contributed by atoms with van der Waals surface area (Å²) in [6, 6.07) is 3.28. The van der Waals surface area contributed by atoms with Crippen molar-refractivity contribution in [3.63, 3.8) is 0 Å². The summed E-state index contributed by atoms with van der Waals surface area (Å²) in [5.74, 6) is -0.571. The maximum atomic E-state index is 12.9. The van der Waals surface area contributed by atoms with E-state index in [-0.39, 0.29) is 24.1 Å². The molecule has 2 rings (SSSR count). The fourth-order valence-electron chi connectivity index (χ4n) is 1.88. The molecule has 18 heavy (non-hydrogen) atoms. The van der Waals surface area contributed by atoms with Crippen LogP contribution in [-0.2, 0) is 4.74 Å². The molecule has 6 heteroatoms. The van der Waals surface area contributed by atoms with Crippen molar-refractivity contribution in [1.29, 1.82) is 0 Å². The summed E-state index contributed by atoms with van der Waals surface area (Å²) >= 11 is 0. The van der Waals surface area contributed by atoms with Crippen molar-refractivity contribution in [1.82, 2.24) is 0 Å². The number of nitrogens with zero attached hydrogens (tertiary/aromatic N) is 1. The molecule has 0 spiro atoms. The molecule has 0 radical (unpaired) electrons. The first-order valence-electron chi connectivity index (χ1n) is 5.85. The second kappa shape index (κ2) is 5.77. The lowest BCUT2D eigenvalue weighted by Gasteiger charge is -2.22. The number of benzene rings is 1. The highest BCUT2D eigenvalue weighted by Crippen LogP contribution is 2.28. The monoisotopic (exact) mass is 255 g/mol. The molecule has 0 unspecified atom stereocenters. The van der Waals surface area contributed by atoms with Crippen molar-refractivity contribution < 1.29 is 18.8 Å². The number of halogens is 1. The van der Waals surface area contributed by atoms with Gasteiger partial charge in [0.05, 0.1) is 17.1 Å². The molecular formula is C12H14FNO4. The molecule has 5 nitrogen and oxygen atoms in total. The molecule has 1 heterocycles. The summed E-state index contributed by atoms with van der Waals surface area (Å²) in [5, 5.41) is 10.8. The van der Waals surface area contributed by atoms with Crippen LogP contribution in [0.1, 0.15) is 19.3 Å². The molecule has 0 amide bonds. The molecule has 0 bridgehead atoms. The molecule has 0 N–H and O–H groups in total. The van der Waals surface area contributed by atoms with E-state index < -0.39 is 10.7 Å². The average Bonchev–Trinajstić information content (AvgIpc) is 2.38. The third-order valence-corrected chi connectivity index (χ3v) is 2.82. The number of hydrogen-bond donors (Lipinski definition) is 0. The Kier molecular flexibility index (Phi) is 4.09. The largest absolute Gasteiger partial charge is 0.484 e. The zero-order valence-electron chi connectivity index (χ0n) is 9.80. The molecule has 1 fully saturated rings. The van der Waals surface area contributed by atoms with Gasteiger partial charge in [-0.15, -0.1) is 0 Å². The van der Waals surface area contributed by atoms with Crippen LogP contribution in [0.5, 0.6) is 5.75 Å². The lowest BCUT2D eigenvalue weighted by atomic mass is 10.1.